The third kappa shape index (κ3) is 2.75. The Balaban J connectivity index is 2.22. The van der Waals surface area contributed by atoms with E-state index in [1.807, 2.05) is 11.6 Å². The first-order valence-corrected chi connectivity index (χ1v) is 7.32. The fourth-order valence-corrected chi connectivity index (χ4v) is 2.64. The number of phenolic OH excluding ortho intramolecular Hbond substituents is 1. The fourth-order valence-electron chi connectivity index (χ4n) is 1.96. The summed E-state index contributed by atoms with van der Waals surface area (Å²) in [5.74, 6) is 0.499. The van der Waals surface area contributed by atoms with Crippen LogP contribution >= 0.6 is 15.9 Å². The molecule has 0 bridgehead atoms. The van der Waals surface area contributed by atoms with E-state index in [0.29, 0.717) is 12.4 Å². The monoisotopic (exact) mass is 339 g/mol. The number of aromatic hydroxyl groups is 1. The van der Waals surface area contributed by atoms with E-state index in [9.17, 15) is 5.11 Å². The van der Waals surface area contributed by atoms with E-state index in [1.165, 1.54) is 6.07 Å². The van der Waals surface area contributed by atoms with Crippen LogP contribution in [0.4, 0.5) is 5.69 Å². The maximum atomic E-state index is 9.56. The Morgan fingerprint density at radius 3 is 2.80 bits per heavy atom. The number of aryl methyl sites for hydroxylation is 2. The van der Waals surface area contributed by atoms with Crippen molar-refractivity contribution in [1.29, 1.82) is 0 Å². The minimum absolute atomic E-state index is 0.0276. The number of para-hydroxylation sites is 1. The molecule has 1 heterocycles. The van der Waals surface area contributed by atoms with Gasteiger partial charge >= 0.3 is 0 Å². The van der Waals surface area contributed by atoms with Crippen molar-refractivity contribution in [3.63, 3.8) is 0 Å². The summed E-state index contributed by atoms with van der Waals surface area (Å²) in [5, 5.41) is 14.1. The Morgan fingerprint density at radius 2 is 2.15 bits per heavy atom. The average molecular weight is 340 g/mol. The van der Waals surface area contributed by atoms with Crippen molar-refractivity contribution in [1.82, 2.24) is 9.78 Å². The van der Waals surface area contributed by atoms with Gasteiger partial charge in [0.1, 0.15) is 23.8 Å². The average Bonchev–Trinajstić information content (AvgIpc) is 2.76. The largest absolute Gasteiger partial charge is 0.506 e. The zero-order valence-corrected chi connectivity index (χ0v) is 13.1. The molecule has 0 radical (unpaired) electrons. The lowest BCUT2D eigenvalue weighted by Gasteiger charge is -2.11. The number of hydrogen-bond donors (Lipinski definition) is 2. The van der Waals surface area contributed by atoms with E-state index < -0.39 is 0 Å². The molecule has 1 aromatic carbocycles. The number of benzene rings is 1. The Labute approximate surface area is 126 Å². The zero-order chi connectivity index (χ0) is 14.7. The number of nitrogens with two attached hydrogens (primary N) is 1. The highest BCUT2D eigenvalue weighted by Crippen LogP contribution is 2.31. The topological polar surface area (TPSA) is 73.3 Å². The summed E-state index contributed by atoms with van der Waals surface area (Å²) in [7, 11) is 0. The summed E-state index contributed by atoms with van der Waals surface area (Å²) in [6.45, 7) is 5.21. The van der Waals surface area contributed by atoms with Crippen LogP contribution < -0.4 is 10.5 Å². The van der Waals surface area contributed by atoms with Gasteiger partial charge in [0.2, 0.25) is 0 Å². The molecule has 0 unspecified atom stereocenters. The Bertz CT molecular complexity index is 611. The number of nitrogen functional groups attached to an aromatic ring is 1. The second kappa shape index (κ2) is 6.17. The number of ether oxygens (including phenoxy) is 1. The van der Waals surface area contributed by atoms with E-state index in [2.05, 4.69) is 28.0 Å². The summed E-state index contributed by atoms with van der Waals surface area (Å²) in [4.78, 5) is 0. The van der Waals surface area contributed by atoms with Crippen molar-refractivity contribution in [3.05, 3.63) is 34.1 Å². The number of anilines is 1. The fraction of sp³-hybridized carbons (Fsp3) is 0.357. The molecule has 0 aliphatic carbocycles. The first-order chi connectivity index (χ1) is 9.58. The van der Waals surface area contributed by atoms with Gasteiger partial charge in [-0.15, -0.1) is 0 Å². The third-order valence-electron chi connectivity index (χ3n) is 3.10. The van der Waals surface area contributed by atoms with Gasteiger partial charge in [0.05, 0.1) is 15.9 Å². The van der Waals surface area contributed by atoms with Gasteiger partial charge < -0.3 is 15.6 Å². The summed E-state index contributed by atoms with van der Waals surface area (Å²) in [6.07, 6.45) is 0.856. The van der Waals surface area contributed by atoms with E-state index >= 15 is 0 Å². The van der Waals surface area contributed by atoms with Crippen LogP contribution in [0.2, 0.25) is 0 Å². The molecule has 108 valence electrons. The van der Waals surface area contributed by atoms with E-state index in [4.69, 9.17) is 10.5 Å². The number of halogens is 1. The maximum absolute atomic E-state index is 9.56. The van der Waals surface area contributed by atoms with Gasteiger partial charge in [0.15, 0.2) is 0 Å². The number of phenols is 1. The molecule has 5 nitrogen and oxygen atoms in total. The third-order valence-corrected chi connectivity index (χ3v) is 4.02. The standard InChI is InChI=1S/C14H18BrN3O2/c1-3-9-13(15)10(18(4-2)17-9)8-20-12-7-5-6-11(19)14(12)16/h5-7,19H,3-4,8,16H2,1-2H3. The normalized spacial score (nSPS) is 10.8. The smallest absolute Gasteiger partial charge is 0.146 e. The highest BCUT2D eigenvalue weighted by Gasteiger charge is 2.15. The van der Waals surface area contributed by atoms with Gasteiger partial charge in [-0.3, -0.25) is 4.68 Å². The highest BCUT2D eigenvalue weighted by molar-refractivity contribution is 9.10. The Hall–Kier alpha value is -1.69. The van der Waals surface area contributed by atoms with Gasteiger partial charge in [-0.05, 0) is 41.4 Å². The lowest BCUT2D eigenvalue weighted by molar-refractivity contribution is 0.292. The van der Waals surface area contributed by atoms with Crippen LogP contribution in [0.3, 0.4) is 0 Å². The molecule has 0 atom stereocenters. The van der Waals surface area contributed by atoms with Gasteiger partial charge in [-0.1, -0.05) is 13.0 Å². The molecule has 0 aliphatic rings. The molecule has 6 heteroatoms. The Kier molecular flexibility index (Phi) is 4.54. The second-order valence-electron chi connectivity index (χ2n) is 4.35. The predicted octanol–water partition coefficient (Wildman–Crippen LogP) is 3.09. The lowest BCUT2D eigenvalue weighted by atomic mass is 10.2. The number of rotatable bonds is 5. The van der Waals surface area contributed by atoms with E-state index in [1.54, 1.807) is 12.1 Å². The van der Waals surface area contributed by atoms with Crippen LogP contribution in [0, 0.1) is 0 Å². The van der Waals surface area contributed by atoms with Crippen molar-refractivity contribution in [2.45, 2.75) is 33.4 Å². The van der Waals surface area contributed by atoms with Crippen LogP contribution in [-0.4, -0.2) is 14.9 Å². The number of nitrogens with zero attached hydrogens (tertiary/aromatic N) is 2. The molecule has 2 aromatic rings. The summed E-state index contributed by atoms with van der Waals surface area (Å²) in [6, 6.07) is 4.96. The van der Waals surface area contributed by atoms with Gasteiger partial charge in [-0.2, -0.15) is 5.10 Å². The van der Waals surface area contributed by atoms with Crippen molar-refractivity contribution < 1.29 is 9.84 Å². The van der Waals surface area contributed by atoms with Crippen molar-refractivity contribution in [2.24, 2.45) is 0 Å². The van der Waals surface area contributed by atoms with Gasteiger partial charge in [0.25, 0.3) is 0 Å². The Morgan fingerprint density at radius 1 is 1.40 bits per heavy atom. The molecule has 2 rings (SSSR count). The predicted molar refractivity (Wildman–Crippen MR) is 81.8 cm³/mol. The maximum Gasteiger partial charge on any atom is 0.146 e. The molecule has 3 N–H and O–H groups in total. The molecule has 0 fully saturated rings. The molecule has 0 spiro atoms. The molecule has 20 heavy (non-hydrogen) atoms. The lowest BCUT2D eigenvalue weighted by Crippen LogP contribution is -2.07. The molecular weight excluding hydrogens is 322 g/mol. The molecule has 0 saturated heterocycles. The van der Waals surface area contributed by atoms with Gasteiger partial charge in [0, 0.05) is 6.54 Å². The molecular formula is C14H18BrN3O2. The highest BCUT2D eigenvalue weighted by atomic mass is 79.9. The molecule has 0 amide bonds. The van der Waals surface area contributed by atoms with Crippen LogP contribution in [0.1, 0.15) is 25.2 Å². The first kappa shape index (κ1) is 14.7. The quantitative estimate of drug-likeness (QED) is 0.648. The summed E-state index contributed by atoms with van der Waals surface area (Å²) < 4.78 is 8.59. The summed E-state index contributed by atoms with van der Waals surface area (Å²) >= 11 is 3.57. The van der Waals surface area contributed by atoms with E-state index in [-0.39, 0.29) is 11.4 Å². The minimum Gasteiger partial charge on any atom is -0.506 e. The first-order valence-electron chi connectivity index (χ1n) is 6.52. The van der Waals surface area contributed by atoms with Crippen molar-refractivity contribution in [2.75, 3.05) is 5.73 Å². The van der Waals surface area contributed by atoms with E-state index in [0.717, 1.165) is 28.8 Å². The SMILES string of the molecule is CCc1nn(CC)c(COc2cccc(O)c2N)c1Br. The number of aromatic nitrogens is 2. The van der Waals surface area contributed by atoms with Crippen LogP contribution in [0.15, 0.2) is 22.7 Å². The van der Waals surface area contributed by atoms with Crippen LogP contribution in [-0.2, 0) is 19.6 Å². The zero-order valence-electron chi connectivity index (χ0n) is 11.6. The number of hydrogen-bond acceptors (Lipinski definition) is 4. The molecule has 0 aliphatic heterocycles. The summed E-state index contributed by atoms with van der Waals surface area (Å²) in [5.41, 5.74) is 8.00. The van der Waals surface area contributed by atoms with Gasteiger partial charge in [-0.25, -0.2) is 0 Å². The van der Waals surface area contributed by atoms with Crippen LogP contribution in [0.25, 0.3) is 0 Å². The van der Waals surface area contributed by atoms with Crippen LogP contribution in [0.5, 0.6) is 11.5 Å². The van der Waals surface area contributed by atoms with Crippen molar-refractivity contribution >= 4 is 21.6 Å². The molecule has 0 saturated carbocycles. The van der Waals surface area contributed by atoms with Crippen molar-refractivity contribution in [3.8, 4) is 11.5 Å². The second-order valence-corrected chi connectivity index (χ2v) is 5.15. The minimum atomic E-state index is 0.0276. The molecule has 1 aromatic heterocycles.